The summed E-state index contributed by atoms with van der Waals surface area (Å²) in [7, 11) is 2.96. The van der Waals surface area contributed by atoms with E-state index < -0.39 is 11.9 Å². The largest absolute Gasteiger partial charge is 0.496 e. The molecule has 0 radical (unpaired) electrons. The summed E-state index contributed by atoms with van der Waals surface area (Å²) in [6.07, 6.45) is 1.54. The molecule has 0 spiro atoms. The van der Waals surface area contributed by atoms with Gasteiger partial charge in [-0.25, -0.2) is 14.6 Å². The van der Waals surface area contributed by atoms with Crippen LogP contribution in [0, 0.1) is 6.92 Å². The summed E-state index contributed by atoms with van der Waals surface area (Å²) in [4.78, 5) is 29.3. The number of rotatable bonds is 6. The van der Waals surface area contributed by atoms with Crippen LogP contribution in [0.25, 0.3) is 6.08 Å². The van der Waals surface area contributed by atoms with Gasteiger partial charge in [-0.05, 0) is 60.5 Å². The van der Waals surface area contributed by atoms with Crippen LogP contribution < -0.4 is 14.2 Å². The van der Waals surface area contributed by atoms with Crippen molar-refractivity contribution >= 4 is 35.5 Å². The Labute approximate surface area is 201 Å². The molecule has 0 atom stereocenters. The van der Waals surface area contributed by atoms with Crippen LogP contribution in [-0.2, 0) is 9.53 Å². The van der Waals surface area contributed by atoms with E-state index in [9.17, 15) is 9.59 Å². The summed E-state index contributed by atoms with van der Waals surface area (Å²) in [5.41, 5.74) is 2.41. The lowest BCUT2D eigenvalue weighted by Gasteiger charge is -2.11. The molecule has 0 N–H and O–H groups in total. The fraction of sp³-hybridized carbons (Fsp3) is 0.115. The Bertz CT molecular complexity index is 1340. The lowest BCUT2D eigenvalue weighted by molar-refractivity contribution is -0.129. The molecule has 0 aromatic heterocycles. The number of esters is 2. The number of aliphatic imine (C=N–C) groups is 1. The van der Waals surface area contributed by atoms with Gasteiger partial charge >= 0.3 is 11.9 Å². The van der Waals surface area contributed by atoms with E-state index in [1.165, 1.54) is 14.2 Å². The van der Waals surface area contributed by atoms with Gasteiger partial charge in [0.05, 0.1) is 25.3 Å². The maximum atomic E-state index is 12.6. The lowest BCUT2D eigenvalue weighted by Crippen LogP contribution is -2.10. The fourth-order valence-corrected chi connectivity index (χ4v) is 3.52. The standard InChI is InChI=1S/C26H20ClNO6/c1-15-6-4-5-7-18(15)25(29)33-22-10-8-16(13-23(22)32-3)12-20-26(30)34-24(28-20)19-14-17(27)9-11-21(19)31-2/h4-14H,1-3H3/b20-12+. The van der Waals surface area contributed by atoms with Gasteiger partial charge in [-0.3, -0.25) is 0 Å². The number of halogens is 1. The third-order valence-electron chi connectivity index (χ3n) is 5.07. The van der Waals surface area contributed by atoms with Crippen molar-refractivity contribution in [2.45, 2.75) is 6.92 Å². The third kappa shape index (κ3) is 4.79. The first kappa shape index (κ1) is 23.1. The van der Waals surface area contributed by atoms with Crippen LogP contribution in [0.4, 0.5) is 0 Å². The average molecular weight is 478 g/mol. The van der Waals surface area contributed by atoms with E-state index in [0.29, 0.717) is 33.2 Å². The van der Waals surface area contributed by atoms with Crippen molar-refractivity contribution in [1.82, 2.24) is 0 Å². The second kappa shape index (κ2) is 9.80. The van der Waals surface area contributed by atoms with Crippen molar-refractivity contribution in [3.05, 3.63) is 93.6 Å². The van der Waals surface area contributed by atoms with Crippen molar-refractivity contribution in [3.63, 3.8) is 0 Å². The first-order chi connectivity index (χ1) is 16.4. The molecule has 0 saturated heterocycles. The molecular weight excluding hydrogens is 458 g/mol. The van der Waals surface area contributed by atoms with Gasteiger partial charge in [0.1, 0.15) is 5.75 Å². The molecule has 172 valence electrons. The number of aryl methyl sites for hydroxylation is 1. The van der Waals surface area contributed by atoms with Crippen LogP contribution >= 0.6 is 11.6 Å². The summed E-state index contributed by atoms with van der Waals surface area (Å²) < 4.78 is 21.6. The SMILES string of the molecule is COc1cc(/C=C2/N=C(c3cc(Cl)ccc3OC)OC2=O)ccc1OC(=O)c1ccccc1C. The number of hydrogen-bond donors (Lipinski definition) is 0. The lowest BCUT2D eigenvalue weighted by atomic mass is 10.1. The van der Waals surface area contributed by atoms with Crippen molar-refractivity contribution in [2.75, 3.05) is 14.2 Å². The molecule has 0 aliphatic carbocycles. The van der Waals surface area contributed by atoms with E-state index in [1.807, 2.05) is 19.1 Å². The highest BCUT2D eigenvalue weighted by Crippen LogP contribution is 2.32. The van der Waals surface area contributed by atoms with Crippen LogP contribution in [0.1, 0.15) is 27.0 Å². The van der Waals surface area contributed by atoms with Crippen molar-refractivity contribution in [2.24, 2.45) is 4.99 Å². The van der Waals surface area contributed by atoms with Crippen LogP contribution in [-0.4, -0.2) is 32.1 Å². The van der Waals surface area contributed by atoms with Crippen LogP contribution in [0.5, 0.6) is 17.2 Å². The maximum absolute atomic E-state index is 12.6. The van der Waals surface area contributed by atoms with E-state index in [2.05, 4.69) is 4.99 Å². The highest BCUT2D eigenvalue weighted by atomic mass is 35.5. The Hall–Kier alpha value is -4.10. The minimum atomic E-state index is -0.619. The Morgan fingerprint density at radius 3 is 2.44 bits per heavy atom. The van der Waals surface area contributed by atoms with Gasteiger partial charge in [-0.2, -0.15) is 0 Å². The maximum Gasteiger partial charge on any atom is 0.363 e. The molecule has 0 bridgehead atoms. The van der Waals surface area contributed by atoms with Gasteiger partial charge in [0, 0.05) is 5.02 Å². The Kier molecular flexibility index (Phi) is 6.65. The first-order valence-electron chi connectivity index (χ1n) is 10.2. The highest BCUT2D eigenvalue weighted by Gasteiger charge is 2.27. The van der Waals surface area contributed by atoms with Crippen molar-refractivity contribution in [1.29, 1.82) is 0 Å². The molecule has 0 amide bonds. The zero-order valence-electron chi connectivity index (χ0n) is 18.6. The Morgan fingerprint density at radius 1 is 0.971 bits per heavy atom. The minimum Gasteiger partial charge on any atom is -0.496 e. The summed E-state index contributed by atoms with van der Waals surface area (Å²) in [6, 6.07) is 17.0. The number of benzene rings is 3. The number of nitrogens with zero attached hydrogens (tertiary/aromatic N) is 1. The third-order valence-corrected chi connectivity index (χ3v) is 5.31. The summed E-state index contributed by atoms with van der Waals surface area (Å²) >= 11 is 6.07. The van der Waals surface area contributed by atoms with Gasteiger partial charge in [0.2, 0.25) is 5.90 Å². The number of methoxy groups -OCH3 is 2. The fourth-order valence-electron chi connectivity index (χ4n) is 3.34. The number of carbonyl (C=O) groups is 2. The average Bonchev–Trinajstić information content (AvgIpc) is 3.20. The molecule has 7 nitrogen and oxygen atoms in total. The molecule has 34 heavy (non-hydrogen) atoms. The monoisotopic (exact) mass is 477 g/mol. The second-order valence-corrected chi connectivity index (χ2v) is 7.73. The van der Waals surface area contributed by atoms with Gasteiger partial charge < -0.3 is 18.9 Å². The Morgan fingerprint density at radius 2 is 1.71 bits per heavy atom. The molecule has 0 unspecified atom stereocenters. The van der Waals surface area contributed by atoms with Gasteiger partial charge in [0.15, 0.2) is 17.2 Å². The molecular formula is C26H20ClNO6. The number of cyclic esters (lactones) is 1. The summed E-state index contributed by atoms with van der Waals surface area (Å²) in [5.74, 6) is 0.0193. The number of hydrogen-bond acceptors (Lipinski definition) is 7. The number of carbonyl (C=O) groups excluding carboxylic acids is 2. The van der Waals surface area contributed by atoms with Gasteiger partial charge in [-0.15, -0.1) is 0 Å². The highest BCUT2D eigenvalue weighted by molar-refractivity contribution is 6.31. The molecule has 1 aliphatic heterocycles. The quantitative estimate of drug-likeness (QED) is 0.274. The number of ether oxygens (including phenoxy) is 4. The van der Waals surface area contributed by atoms with E-state index in [0.717, 1.165) is 5.56 Å². The predicted octanol–water partition coefficient (Wildman–Crippen LogP) is 5.23. The van der Waals surface area contributed by atoms with Crippen molar-refractivity contribution < 1.29 is 28.5 Å². The predicted molar refractivity (Wildman–Crippen MR) is 128 cm³/mol. The zero-order chi connectivity index (χ0) is 24.2. The Balaban J connectivity index is 1.61. The first-order valence-corrected chi connectivity index (χ1v) is 10.6. The van der Waals surface area contributed by atoms with E-state index in [1.54, 1.807) is 54.6 Å². The van der Waals surface area contributed by atoms with E-state index >= 15 is 0 Å². The van der Waals surface area contributed by atoms with Gasteiger partial charge in [-0.1, -0.05) is 35.9 Å². The molecule has 1 aliphatic rings. The topological polar surface area (TPSA) is 83.4 Å². The van der Waals surface area contributed by atoms with Crippen LogP contribution in [0.2, 0.25) is 5.02 Å². The van der Waals surface area contributed by atoms with Crippen LogP contribution in [0.3, 0.4) is 0 Å². The minimum absolute atomic E-state index is 0.0868. The molecule has 3 aromatic carbocycles. The second-order valence-electron chi connectivity index (χ2n) is 7.30. The zero-order valence-corrected chi connectivity index (χ0v) is 19.4. The van der Waals surface area contributed by atoms with Crippen LogP contribution in [0.15, 0.2) is 71.4 Å². The summed E-state index contributed by atoms with van der Waals surface area (Å²) in [6.45, 7) is 1.83. The molecule has 1 heterocycles. The van der Waals surface area contributed by atoms with Crippen molar-refractivity contribution in [3.8, 4) is 17.2 Å². The normalized spacial score (nSPS) is 13.9. The van der Waals surface area contributed by atoms with E-state index in [-0.39, 0.29) is 17.3 Å². The molecule has 0 fully saturated rings. The molecule has 4 rings (SSSR count). The van der Waals surface area contributed by atoms with E-state index in [4.69, 9.17) is 30.5 Å². The molecule has 3 aromatic rings. The molecule has 8 heteroatoms. The smallest absolute Gasteiger partial charge is 0.363 e. The molecule has 0 saturated carbocycles. The summed E-state index contributed by atoms with van der Waals surface area (Å²) in [5, 5.41) is 0.451. The van der Waals surface area contributed by atoms with Gasteiger partial charge in [0.25, 0.3) is 0 Å².